The highest BCUT2D eigenvalue weighted by molar-refractivity contribution is 5.58. The average Bonchev–Trinajstić information content (AvgIpc) is 2.32. The Labute approximate surface area is 78.7 Å². The Hall–Kier alpha value is -1.63. The van der Waals surface area contributed by atoms with Crippen LogP contribution in [0.1, 0.15) is 6.85 Å². The zero-order valence-electron chi connectivity index (χ0n) is 11.3. The number of aromatic nitrogens is 1. The third-order valence-electron chi connectivity index (χ3n) is 1.43. The Morgan fingerprint density at radius 2 is 2.08 bits per heavy atom. The molecule has 0 saturated heterocycles. The summed E-state index contributed by atoms with van der Waals surface area (Å²) in [4.78, 5) is 3.82. The Morgan fingerprint density at radius 1 is 1.08 bits per heavy atom. The fourth-order valence-electron chi connectivity index (χ4n) is 0.898. The minimum Gasteiger partial charge on any atom is -0.256 e. The lowest BCUT2D eigenvalue weighted by Gasteiger charge is -1.97. The van der Waals surface area contributed by atoms with Gasteiger partial charge in [0.1, 0.15) is 0 Å². The van der Waals surface area contributed by atoms with E-state index in [1.165, 1.54) is 0 Å². The Kier molecular flexibility index (Phi) is 0.900. The Morgan fingerprint density at radius 3 is 3.00 bits per heavy atom. The summed E-state index contributed by atoms with van der Waals surface area (Å²) < 4.78 is 37.8. The van der Waals surface area contributed by atoms with Gasteiger partial charge >= 0.3 is 0 Å². The SMILES string of the molecule is [2H]c1ccccc1-c1nc([2H])c([2H])c([2H])c1[2H]. The molecule has 1 heteroatoms. The smallest absolute Gasteiger partial charge is 0.0840 e. The van der Waals surface area contributed by atoms with Crippen molar-refractivity contribution < 1.29 is 6.85 Å². The van der Waals surface area contributed by atoms with Crippen molar-refractivity contribution >= 4 is 0 Å². The molecule has 12 heavy (non-hydrogen) atoms. The molecule has 0 bridgehead atoms. The van der Waals surface area contributed by atoms with Gasteiger partial charge in [-0.3, -0.25) is 4.98 Å². The molecule has 0 unspecified atom stereocenters. The van der Waals surface area contributed by atoms with E-state index in [1.54, 1.807) is 24.3 Å². The number of nitrogens with zero attached hydrogens (tertiary/aromatic N) is 1. The van der Waals surface area contributed by atoms with Crippen LogP contribution in [0.2, 0.25) is 0 Å². The summed E-state index contributed by atoms with van der Waals surface area (Å²) in [6.45, 7) is 0. The van der Waals surface area contributed by atoms with Crippen LogP contribution in [0, 0.1) is 0 Å². The van der Waals surface area contributed by atoms with Crippen LogP contribution in [-0.2, 0) is 0 Å². The molecule has 0 aliphatic rings. The number of pyridine rings is 1. The largest absolute Gasteiger partial charge is 0.256 e. The highest BCUT2D eigenvalue weighted by Gasteiger charge is 1.93. The molecule has 0 aliphatic carbocycles. The molecule has 0 N–H and O–H groups in total. The van der Waals surface area contributed by atoms with E-state index in [1.807, 2.05) is 0 Å². The van der Waals surface area contributed by atoms with Crippen molar-refractivity contribution in [2.45, 2.75) is 0 Å². The second-order valence-electron chi connectivity index (χ2n) is 2.22. The summed E-state index contributed by atoms with van der Waals surface area (Å²) in [5.41, 5.74) is 0.515. The van der Waals surface area contributed by atoms with Crippen LogP contribution in [0.3, 0.4) is 0 Å². The summed E-state index contributed by atoms with van der Waals surface area (Å²) in [5.74, 6) is 0. The number of hydrogen-bond acceptors (Lipinski definition) is 1. The predicted octanol–water partition coefficient (Wildman–Crippen LogP) is 2.75. The van der Waals surface area contributed by atoms with Gasteiger partial charge in [0.2, 0.25) is 0 Å². The van der Waals surface area contributed by atoms with Gasteiger partial charge in [0.15, 0.2) is 0 Å². The fraction of sp³-hybridized carbons (Fsp3) is 0. The molecule has 0 spiro atoms. The van der Waals surface area contributed by atoms with Crippen molar-refractivity contribution in [3.8, 4) is 11.3 Å². The lowest BCUT2D eigenvalue weighted by Crippen LogP contribution is -1.79. The van der Waals surface area contributed by atoms with Crippen LogP contribution in [0.25, 0.3) is 11.3 Å². The van der Waals surface area contributed by atoms with Crippen molar-refractivity contribution in [3.05, 3.63) is 54.6 Å². The second-order valence-corrected chi connectivity index (χ2v) is 2.22. The van der Waals surface area contributed by atoms with E-state index in [0.717, 1.165) is 0 Å². The quantitative estimate of drug-likeness (QED) is 0.625. The minimum absolute atomic E-state index is 0.113. The van der Waals surface area contributed by atoms with E-state index in [2.05, 4.69) is 4.98 Å². The van der Waals surface area contributed by atoms with Crippen LogP contribution in [-0.4, -0.2) is 4.98 Å². The van der Waals surface area contributed by atoms with Crippen molar-refractivity contribution in [2.24, 2.45) is 0 Å². The molecule has 0 radical (unpaired) electrons. The first kappa shape index (κ1) is 3.40. The lowest BCUT2D eigenvalue weighted by atomic mass is 10.1. The van der Waals surface area contributed by atoms with Gasteiger partial charge in [-0.25, -0.2) is 0 Å². The van der Waals surface area contributed by atoms with Gasteiger partial charge in [-0.05, 0) is 12.1 Å². The normalized spacial score (nSPS) is 15.5. The maximum Gasteiger partial charge on any atom is 0.0840 e. The second kappa shape index (κ2) is 3.18. The molecule has 1 heterocycles. The maximum atomic E-state index is 7.73. The zero-order chi connectivity index (χ0) is 12.6. The van der Waals surface area contributed by atoms with Crippen molar-refractivity contribution in [1.29, 1.82) is 0 Å². The van der Waals surface area contributed by atoms with Gasteiger partial charge in [0.25, 0.3) is 0 Å². The number of rotatable bonds is 1. The molecule has 1 aromatic heterocycles. The number of hydrogen-bond donors (Lipinski definition) is 0. The molecule has 1 aromatic carbocycles. The van der Waals surface area contributed by atoms with E-state index in [-0.39, 0.29) is 36.0 Å². The monoisotopic (exact) mass is 160 g/mol. The van der Waals surface area contributed by atoms with Gasteiger partial charge in [-0.15, -0.1) is 0 Å². The van der Waals surface area contributed by atoms with Gasteiger partial charge in [-0.2, -0.15) is 0 Å². The maximum absolute atomic E-state index is 7.73. The Balaban J connectivity index is 2.73. The highest BCUT2D eigenvalue weighted by Crippen LogP contribution is 2.14. The van der Waals surface area contributed by atoms with Crippen LogP contribution < -0.4 is 0 Å². The van der Waals surface area contributed by atoms with Crippen molar-refractivity contribution in [2.75, 3.05) is 0 Å². The lowest BCUT2D eigenvalue weighted by molar-refractivity contribution is 1.33. The van der Waals surface area contributed by atoms with E-state index >= 15 is 0 Å². The molecular weight excluding hydrogens is 146 g/mol. The molecule has 0 atom stereocenters. The Bertz CT molecular complexity index is 582. The molecule has 0 fully saturated rings. The minimum atomic E-state index is -0.360. The van der Waals surface area contributed by atoms with Gasteiger partial charge in [-0.1, -0.05) is 36.4 Å². The predicted molar refractivity (Wildman–Crippen MR) is 49.7 cm³/mol. The fourth-order valence-corrected chi connectivity index (χ4v) is 0.898. The molecule has 58 valence electrons. The van der Waals surface area contributed by atoms with Crippen LogP contribution in [0.5, 0.6) is 0 Å². The molecular formula is C11H9N. The van der Waals surface area contributed by atoms with E-state index < -0.39 is 0 Å². The zero-order valence-corrected chi connectivity index (χ0v) is 6.26. The van der Waals surface area contributed by atoms with Crippen molar-refractivity contribution in [3.63, 3.8) is 0 Å². The molecule has 2 aromatic rings. The average molecular weight is 160 g/mol. The molecule has 0 aliphatic heterocycles. The third kappa shape index (κ3) is 1.35. The van der Waals surface area contributed by atoms with Gasteiger partial charge in [0.05, 0.1) is 12.5 Å². The summed E-state index contributed by atoms with van der Waals surface area (Å²) >= 11 is 0. The first-order valence-electron chi connectivity index (χ1n) is 6.02. The van der Waals surface area contributed by atoms with E-state index in [9.17, 15) is 0 Å². The molecule has 0 saturated carbocycles. The van der Waals surface area contributed by atoms with Gasteiger partial charge in [0, 0.05) is 11.7 Å². The summed E-state index contributed by atoms with van der Waals surface area (Å²) in [7, 11) is 0. The van der Waals surface area contributed by atoms with Crippen LogP contribution in [0.15, 0.2) is 54.6 Å². The van der Waals surface area contributed by atoms with E-state index in [0.29, 0.717) is 5.56 Å². The summed E-state index contributed by atoms with van der Waals surface area (Å²) in [6, 6.07) is 5.84. The molecule has 1 nitrogen and oxygen atoms in total. The first-order chi connectivity index (χ1) is 8.02. The van der Waals surface area contributed by atoms with E-state index in [4.69, 9.17) is 6.85 Å². The van der Waals surface area contributed by atoms with Crippen LogP contribution in [0.4, 0.5) is 0 Å². The van der Waals surface area contributed by atoms with Crippen LogP contribution >= 0.6 is 0 Å². The topological polar surface area (TPSA) is 12.9 Å². The van der Waals surface area contributed by atoms with Gasteiger partial charge < -0.3 is 0 Å². The third-order valence-corrected chi connectivity index (χ3v) is 1.43. The standard InChI is InChI=1S/C11H9N/c1-2-6-10(7-3-1)11-8-4-5-9-12-11/h1-9H/i4D,5D,6D,8D,9D. The summed E-state index contributed by atoms with van der Waals surface area (Å²) in [5, 5.41) is 0. The first-order valence-corrected chi connectivity index (χ1v) is 3.52. The van der Waals surface area contributed by atoms with Crippen molar-refractivity contribution in [1.82, 2.24) is 4.98 Å². The molecule has 0 amide bonds. The molecule has 2 rings (SSSR count). The highest BCUT2D eigenvalue weighted by atomic mass is 14.7. The number of benzene rings is 1. The summed E-state index contributed by atoms with van der Waals surface area (Å²) in [6.07, 6.45) is -0.343.